The van der Waals surface area contributed by atoms with Gasteiger partial charge in [-0.2, -0.15) is 0 Å². The molecule has 0 bridgehead atoms. The molecule has 5 rings (SSSR count). The molecule has 3 N–H and O–H groups in total. The maximum Gasteiger partial charge on any atom is 0.414 e. The van der Waals surface area contributed by atoms with Crippen LogP contribution >= 0.6 is 0 Å². The summed E-state index contributed by atoms with van der Waals surface area (Å²) < 4.78 is 16.8. The molecular formula is C47H51N3O9. The summed E-state index contributed by atoms with van der Waals surface area (Å²) in [6, 6.07) is 34.7. The second-order valence-electron chi connectivity index (χ2n) is 14.8. The van der Waals surface area contributed by atoms with Gasteiger partial charge in [0.1, 0.15) is 5.60 Å². The van der Waals surface area contributed by atoms with Crippen LogP contribution in [-0.2, 0) is 35.0 Å². The van der Waals surface area contributed by atoms with Crippen LogP contribution in [0, 0.1) is 0 Å². The number of aliphatic hydroxyl groups excluding tert-OH is 1. The number of anilines is 2. The lowest BCUT2D eigenvalue weighted by atomic mass is 9.96. The molecule has 12 heteroatoms. The maximum absolute atomic E-state index is 14.3. The fourth-order valence-corrected chi connectivity index (χ4v) is 6.61. The Hall–Kier alpha value is -6.37. The van der Waals surface area contributed by atoms with E-state index < -0.39 is 47.6 Å². The lowest BCUT2D eigenvalue weighted by Gasteiger charge is -2.27. The van der Waals surface area contributed by atoms with Gasteiger partial charge in [0, 0.05) is 12.0 Å². The van der Waals surface area contributed by atoms with Crippen LogP contribution in [0.15, 0.2) is 121 Å². The van der Waals surface area contributed by atoms with E-state index in [2.05, 4.69) is 10.6 Å². The Kier molecular flexibility index (Phi) is 15.5. The fourth-order valence-electron chi connectivity index (χ4n) is 6.61. The molecule has 3 amide bonds. The molecule has 0 fully saturated rings. The van der Waals surface area contributed by atoms with Crippen LogP contribution in [0.3, 0.4) is 0 Å². The van der Waals surface area contributed by atoms with Crippen molar-refractivity contribution in [1.82, 2.24) is 10.6 Å². The van der Waals surface area contributed by atoms with Gasteiger partial charge < -0.3 is 24.6 Å². The zero-order chi connectivity index (χ0) is 42.4. The molecule has 0 aliphatic heterocycles. The summed E-state index contributed by atoms with van der Waals surface area (Å²) in [5.74, 6) is -3.48. The molecule has 0 spiro atoms. The molecule has 5 aromatic rings. The zero-order valence-corrected chi connectivity index (χ0v) is 33.8. The number of esters is 2. The third-order valence-electron chi connectivity index (χ3n) is 9.27. The number of unbranched alkanes of at least 4 members (excludes halogenated alkanes) is 2. The molecule has 0 aliphatic rings. The van der Waals surface area contributed by atoms with Crippen molar-refractivity contribution in [2.45, 2.75) is 71.1 Å². The van der Waals surface area contributed by atoms with E-state index in [0.717, 1.165) is 22.4 Å². The van der Waals surface area contributed by atoms with E-state index in [4.69, 9.17) is 14.2 Å². The lowest BCUT2D eigenvalue weighted by molar-refractivity contribution is -0.152. The predicted octanol–water partition coefficient (Wildman–Crippen LogP) is 7.73. The van der Waals surface area contributed by atoms with Gasteiger partial charge >= 0.3 is 23.9 Å². The van der Waals surface area contributed by atoms with Crippen molar-refractivity contribution in [2.24, 2.45) is 0 Å². The topological polar surface area (TPSA) is 161 Å². The number of alkyl carbamates (subject to hydrolysis) is 1. The highest BCUT2D eigenvalue weighted by Gasteiger charge is 2.33. The number of para-hydroxylation sites is 1. The minimum atomic E-state index is -1.13. The van der Waals surface area contributed by atoms with E-state index in [1.165, 1.54) is 6.07 Å². The van der Waals surface area contributed by atoms with Gasteiger partial charge in [-0.15, -0.1) is 0 Å². The van der Waals surface area contributed by atoms with Gasteiger partial charge in [-0.3, -0.25) is 19.8 Å². The highest BCUT2D eigenvalue weighted by atomic mass is 16.6. The summed E-state index contributed by atoms with van der Waals surface area (Å²) in [5.41, 5.74) is 1.74. The first-order valence-corrected chi connectivity index (χ1v) is 19.7. The van der Waals surface area contributed by atoms with Gasteiger partial charge in [0.05, 0.1) is 29.6 Å². The van der Waals surface area contributed by atoms with Crippen molar-refractivity contribution in [3.8, 4) is 0 Å². The number of fused-ring (bicyclic) bond motifs is 1. The highest BCUT2D eigenvalue weighted by molar-refractivity contribution is 6.41. The van der Waals surface area contributed by atoms with Crippen molar-refractivity contribution in [1.29, 1.82) is 0 Å². The van der Waals surface area contributed by atoms with E-state index >= 15 is 0 Å². The third-order valence-corrected chi connectivity index (χ3v) is 9.27. The molecule has 59 heavy (non-hydrogen) atoms. The molecule has 12 nitrogen and oxygen atoms in total. The van der Waals surface area contributed by atoms with Crippen molar-refractivity contribution >= 4 is 52.0 Å². The Balaban J connectivity index is 1.56. The Bertz CT molecular complexity index is 2180. The first kappa shape index (κ1) is 43.7. The maximum atomic E-state index is 14.3. The number of ether oxygens (including phenoxy) is 3. The van der Waals surface area contributed by atoms with Crippen LogP contribution in [0.5, 0.6) is 0 Å². The van der Waals surface area contributed by atoms with Gasteiger partial charge in [0.15, 0.2) is 6.10 Å². The number of benzene rings is 5. The normalized spacial score (nSPS) is 11.8. The van der Waals surface area contributed by atoms with Gasteiger partial charge in [-0.1, -0.05) is 103 Å². The van der Waals surface area contributed by atoms with Gasteiger partial charge in [-0.25, -0.2) is 14.4 Å². The largest absolute Gasteiger partial charge is 0.459 e. The zero-order valence-electron chi connectivity index (χ0n) is 33.8. The summed E-state index contributed by atoms with van der Waals surface area (Å²) in [6.45, 7) is 7.13. The molecule has 0 unspecified atom stereocenters. The van der Waals surface area contributed by atoms with Crippen molar-refractivity contribution in [3.63, 3.8) is 0 Å². The standard InChI is InChI=1S/C47H51N3O9/c1-5-57-45(55)43(53)50(39-26-16-15-25-37(39)44(54)58-41(32-19-9-6-10-20-32)33-21-11-7-12-22-33)40-28-27-34(35-23-13-14-24-36(35)40)31-38(48-29-17-8-18-30-51)42(52)49-46(56)59-47(2,3)4/h6-7,9-16,19-28,38,41,48,51H,5,8,17-18,29-31H2,1-4H3,(H,49,52,56)/t38-/m0/s1. The Morgan fingerprint density at radius 3 is 1.95 bits per heavy atom. The number of aliphatic hydroxyl groups is 1. The van der Waals surface area contributed by atoms with Gasteiger partial charge in [0.2, 0.25) is 5.91 Å². The predicted molar refractivity (Wildman–Crippen MR) is 225 cm³/mol. The van der Waals surface area contributed by atoms with E-state index in [0.29, 0.717) is 35.7 Å². The number of nitrogens with one attached hydrogen (secondary N) is 2. The van der Waals surface area contributed by atoms with Crippen molar-refractivity contribution in [2.75, 3.05) is 24.7 Å². The lowest BCUT2D eigenvalue weighted by Crippen LogP contribution is -2.49. The first-order chi connectivity index (χ1) is 28.4. The van der Waals surface area contributed by atoms with Crippen LogP contribution in [0.25, 0.3) is 10.8 Å². The van der Waals surface area contributed by atoms with E-state index in [9.17, 15) is 29.1 Å². The Morgan fingerprint density at radius 2 is 1.32 bits per heavy atom. The molecule has 0 heterocycles. The van der Waals surface area contributed by atoms with E-state index in [1.54, 1.807) is 70.2 Å². The van der Waals surface area contributed by atoms with Crippen LogP contribution in [0.1, 0.15) is 80.1 Å². The second-order valence-corrected chi connectivity index (χ2v) is 14.8. The van der Waals surface area contributed by atoms with Crippen molar-refractivity contribution in [3.05, 3.63) is 144 Å². The number of amides is 3. The molecule has 308 valence electrons. The summed E-state index contributed by atoms with van der Waals surface area (Å²) in [7, 11) is 0. The fraction of sp³-hybridized carbons (Fsp3) is 0.298. The molecule has 1 atom stereocenters. The van der Waals surface area contributed by atoms with Gasteiger partial charge in [0.25, 0.3) is 0 Å². The van der Waals surface area contributed by atoms with Crippen LogP contribution in [0.2, 0.25) is 0 Å². The van der Waals surface area contributed by atoms with Crippen LogP contribution in [0.4, 0.5) is 16.2 Å². The number of hydrogen-bond donors (Lipinski definition) is 3. The number of imide groups is 1. The molecule has 0 radical (unpaired) electrons. The summed E-state index contributed by atoms with van der Waals surface area (Å²) >= 11 is 0. The highest BCUT2D eigenvalue weighted by Crippen LogP contribution is 2.38. The minimum Gasteiger partial charge on any atom is -0.459 e. The van der Waals surface area contributed by atoms with Crippen LogP contribution < -0.4 is 15.5 Å². The first-order valence-electron chi connectivity index (χ1n) is 19.7. The second kappa shape index (κ2) is 20.9. The number of rotatable bonds is 16. The number of nitrogens with zero attached hydrogens (tertiary/aromatic N) is 1. The molecule has 0 aliphatic carbocycles. The molecule has 0 saturated heterocycles. The van der Waals surface area contributed by atoms with E-state index in [-0.39, 0.29) is 36.6 Å². The molecule has 0 saturated carbocycles. The average molecular weight is 802 g/mol. The third kappa shape index (κ3) is 11.8. The number of carbonyl (C=O) groups excluding carboxylic acids is 5. The smallest absolute Gasteiger partial charge is 0.414 e. The molecule has 0 aromatic heterocycles. The Labute approximate surface area is 344 Å². The molecular weight excluding hydrogens is 751 g/mol. The number of hydrogen-bond acceptors (Lipinski definition) is 10. The minimum absolute atomic E-state index is 0.0273. The van der Waals surface area contributed by atoms with Crippen LogP contribution in [-0.4, -0.2) is 66.4 Å². The molecule has 5 aromatic carbocycles. The van der Waals surface area contributed by atoms with Crippen molar-refractivity contribution < 1.29 is 43.3 Å². The Morgan fingerprint density at radius 1 is 0.712 bits per heavy atom. The summed E-state index contributed by atoms with van der Waals surface area (Å²) in [5, 5.41) is 16.0. The average Bonchev–Trinajstić information content (AvgIpc) is 3.23. The van der Waals surface area contributed by atoms with Gasteiger partial charge in [-0.05, 0) is 100 Å². The summed E-state index contributed by atoms with van der Waals surface area (Å²) in [6.07, 6.45) is 0.506. The SMILES string of the molecule is CCOC(=O)C(=O)N(c1ccccc1C(=O)OC(c1ccccc1)c1ccccc1)c1ccc(C[C@H](NCCCCCO)C(=O)NC(=O)OC(C)(C)C)c2ccccc12. The van der Waals surface area contributed by atoms with E-state index in [1.807, 2.05) is 72.8 Å². The summed E-state index contributed by atoms with van der Waals surface area (Å²) in [4.78, 5) is 69.2. The monoisotopic (exact) mass is 801 g/mol. The number of carbonyl (C=O) groups is 5. The quantitative estimate of drug-likeness (QED) is 0.0390.